The van der Waals surface area contributed by atoms with Gasteiger partial charge in [0.05, 0.1) is 23.6 Å². The minimum Gasteiger partial charge on any atom is -0.397 e. The molecule has 20 heavy (non-hydrogen) atoms. The lowest BCUT2D eigenvalue weighted by Gasteiger charge is -2.37. The summed E-state index contributed by atoms with van der Waals surface area (Å²) < 4.78 is 5.73. The molecule has 2 atom stereocenters. The molecule has 2 rings (SSSR count). The molecule has 0 spiro atoms. The number of nitrogens with two attached hydrogens (primary N) is 1. The van der Waals surface area contributed by atoms with Gasteiger partial charge in [-0.2, -0.15) is 0 Å². The second-order valence-corrected chi connectivity index (χ2v) is 5.64. The Morgan fingerprint density at radius 3 is 2.40 bits per heavy atom. The lowest BCUT2D eigenvalue weighted by molar-refractivity contribution is -0.00517. The highest BCUT2D eigenvalue weighted by Gasteiger charge is 2.24. The van der Waals surface area contributed by atoms with Crippen molar-refractivity contribution in [2.24, 2.45) is 0 Å². The molecule has 1 aliphatic rings. The SMILES string of the molecule is CC1CN(c2ccc(C(=O)N(C)C)cc2N)CC(C)O1. The number of nitrogen functional groups attached to an aromatic ring is 1. The molecule has 2 unspecified atom stereocenters. The number of rotatable bonds is 2. The van der Waals surface area contributed by atoms with E-state index in [4.69, 9.17) is 10.5 Å². The Labute approximate surface area is 120 Å². The number of ether oxygens (including phenoxy) is 1. The molecule has 0 aliphatic carbocycles. The number of morpholine rings is 1. The van der Waals surface area contributed by atoms with E-state index >= 15 is 0 Å². The van der Waals surface area contributed by atoms with Gasteiger partial charge >= 0.3 is 0 Å². The van der Waals surface area contributed by atoms with E-state index < -0.39 is 0 Å². The number of nitrogens with zero attached hydrogens (tertiary/aromatic N) is 2. The van der Waals surface area contributed by atoms with Crippen LogP contribution in [0.4, 0.5) is 11.4 Å². The van der Waals surface area contributed by atoms with E-state index in [2.05, 4.69) is 18.7 Å². The topological polar surface area (TPSA) is 58.8 Å². The number of anilines is 2. The van der Waals surface area contributed by atoms with Crippen molar-refractivity contribution in [3.63, 3.8) is 0 Å². The molecule has 0 bridgehead atoms. The van der Waals surface area contributed by atoms with Crippen LogP contribution in [0.5, 0.6) is 0 Å². The second-order valence-electron chi connectivity index (χ2n) is 5.64. The van der Waals surface area contributed by atoms with Crippen LogP contribution in [-0.2, 0) is 4.74 Å². The van der Waals surface area contributed by atoms with E-state index in [0.29, 0.717) is 11.3 Å². The average Bonchev–Trinajstić information content (AvgIpc) is 2.36. The molecule has 1 fully saturated rings. The summed E-state index contributed by atoms with van der Waals surface area (Å²) in [5.41, 5.74) is 8.36. The Kier molecular flexibility index (Phi) is 4.18. The first-order chi connectivity index (χ1) is 9.38. The van der Waals surface area contributed by atoms with Gasteiger partial charge in [-0.3, -0.25) is 4.79 Å². The molecule has 0 radical (unpaired) electrons. The van der Waals surface area contributed by atoms with Crippen LogP contribution < -0.4 is 10.6 Å². The van der Waals surface area contributed by atoms with Crippen LogP contribution in [0.15, 0.2) is 18.2 Å². The quantitative estimate of drug-likeness (QED) is 0.834. The van der Waals surface area contributed by atoms with Crippen molar-refractivity contribution in [2.75, 3.05) is 37.8 Å². The van der Waals surface area contributed by atoms with Crippen molar-refractivity contribution >= 4 is 17.3 Å². The fraction of sp³-hybridized carbons (Fsp3) is 0.533. The van der Waals surface area contributed by atoms with Crippen molar-refractivity contribution in [1.29, 1.82) is 0 Å². The summed E-state index contributed by atoms with van der Waals surface area (Å²) in [6.07, 6.45) is 0.363. The van der Waals surface area contributed by atoms with Gasteiger partial charge in [-0.05, 0) is 32.0 Å². The third kappa shape index (κ3) is 3.04. The zero-order valence-corrected chi connectivity index (χ0v) is 12.6. The first-order valence-electron chi connectivity index (χ1n) is 6.90. The third-order valence-corrected chi connectivity index (χ3v) is 3.44. The molecular weight excluding hydrogens is 254 g/mol. The summed E-state index contributed by atoms with van der Waals surface area (Å²) in [5.74, 6) is -0.0352. The van der Waals surface area contributed by atoms with Gasteiger partial charge < -0.3 is 20.3 Å². The van der Waals surface area contributed by atoms with E-state index in [1.54, 1.807) is 25.1 Å². The first-order valence-corrected chi connectivity index (χ1v) is 6.90. The molecule has 1 aliphatic heterocycles. The van der Waals surface area contributed by atoms with Crippen LogP contribution in [0.25, 0.3) is 0 Å². The van der Waals surface area contributed by atoms with Crippen molar-refractivity contribution in [3.8, 4) is 0 Å². The van der Waals surface area contributed by atoms with Crippen LogP contribution in [0.2, 0.25) is 0 Å². The van der Waals surface area contributed by atoms with Crippen LogP contribution in [0.3, 0.4) is 0 Å². The van der Waals surface area contributed by atoms with Gasteiger partial charge in [0.25, 0.3) is 5.91 Å². The van der Waals surface area contributed by atoms with Crippen molar-refractivity contribution in [2.45, 2.75) is 26.1 Å². The van der Waals surface area contributed by atoms with E-state index in [9.17, 15) is 4.79 Å². The molecule has 1 aromatic carbocycles. The minimum atomic E-state index is -0.0352. The lowest BCUT2D eigenvalue weighted by Crippen LogP contribution is -2.45. The van der Waals surface area contributed by atoms with Gasteiger partial charge in [-0.1, -0.05) is 0 Å². The zero-order valence-electron chi connectivity index (χ0n) is 12.6. The number of amides is 1. The van der Waals surface area contributed by atoms with E-state index in [1.165, 1.54) is 0 Å². The minimum absolute atomic E-state index is 0.0352. The van der Waals surface area contributed by atoms with Crippen molar-refractivity contribution in [1.82, 2.24) is 4.90 Å². The number of hydrogen-bond donors (Lipinski definition) is 1. The number of carbonyl (C=O) groups is 1. The van der Waals surface area contributed by atoms with Gasteiger partial charge in [0.1, 0.15) is 0 Å². The molecule has 1 aromatic rings. The molecule has 1 heterocycles. The summed E-state index contributed by atoms with van der Waals surface area (Å²) in [6.45, 7) is 5.75. The summed E-state index contributed by atoms with van der Waals surface area (Å²) >= 11 is 0. The van der Waals surface area contributed by atoms with Gasteiger partial charge in [-0.25, -0.2) is 0 Å². The van der Waals surface area contributed by atoms with Gasteiger partial charge in [-0.15, -0.1) is 0 Å². The molecule has 5 nitrogen and oxygen atoms in total. The summed E-state index contributed by atoms with van der Waals surface area (Å²) in [7, 11) is 3.47. The third-order valence-electron chi connectivity index (χ3n) is 3.44. The lowest BCUT2D eigenvalue weighted by atomic mass is 10.1. The molecule has 110 valence electrons. The first kappa shape index (κ1) is 14.7. The van der Waals surface area contributed by atoms with E-state index in [1.807, 2.05) is 12.1 Å². The standard InChI is InChI=1S/C15H23N3O2/c1-10-8-18(9-11(2)20-10)14-6-5-12(7-13(14)16)15(19)17(3)4/h5-7,10-11H,8-9,16H2,1-4H3. The Bertz CT molecular complexity index is 492. The van der Waals surface area contributed by atoms with Gasteiger partial charge in [0.15, 0.2) is 0 Å². The summed E-state index contributed by atoms with van der Waals surface area (Å²) in [6, 6.07) is 5.51. The predicted molar refractivity (Wildman–Crippen MR) is 81.1 cm³/mol. The van der Waals surface area contributed by atoms with Crippen molar-refractivity contribution < 1.29 is 9.53 Å². The van der Waals surface area contributed by atoms with Crippen LogP contribution in [0.1, 0.15) is 24.2 Å². The maximum Gasteiger partial charge on any atom is 0.253 e. The predicted octanol–water partition coefficient (Wildman–Crippen LogP) is 1.58. The maximum atomic E-state index is 11.9. The zero-order chi connectivity index (χ0) is 14.9. The molecule has 1 amide bonds. The average molecular weight is 277 g/mol. The Hall–Kier alpha value is -1.75. The number of hydrogen-bond acceptors (Lipinski definition) is 4. The van der Waals surface area contributed by atoms with Crippen LogP contribution >= 0.6 is 0 Å². The molecular formula is C15H23N3O2. The summed E-state index contributed by atoms with van der Waals surface area (Å²) in [5, 5.41) is 0. The van der Waals surface area contributed by atoms with Crippen LogP contribution in [0, 0.1) is 0 Å². The Morgan fingerprint density at radius 1 is 1.30 bits per heavy atom. The largest absolute Gasteiger partial charge is 0.397 e. The molecule has 0 aromatic heterocycles. The monoisotopic (exact) mass is 277 g/mol. The highest BCUT2D eigenvalue weighted by atomic mass is 16.5. The number of carbonyl (C=O) groups excluding carboxylic acids is 1. The Morgan fingerprint density at radius 2 is 1.90 bits per heavy atom. The van der Waals surface area contributed by atoms with E-state index in [0.717, 1.165) is 18.8 Å². The molecule has 0 saturated carbocycles. The molecule has 1 saturated heterocycles. The van der Waals surface area contributed by atoms with E-state index in [-0.39, 0.29) is 18.1 Å². The number of benzene rings is 1. The fourth-order valence-corrected chi connectivity index (χ4v) is 2.61. The van der Waals surface area contributed by atoms with Crippen molar-refractivity contribution in [3.05, 3.63) is 23.8 Å². The second kappa shape index (κ2) is 5.71. The molecule has 2 N–H and O–H groups in total. The van der Waals surface area contributed by atoms with Gasteiger partial charge in [0, 0.05) is 32.7 Å². The normalized spacial score (nSPS) is 22.7. The van der Waals surface area contributed by atoms with Crippen LogP contribution in [-0.4, -0.2) is 50.2 Å². The smallest absolute Gasteiger partial charge is 0.253 e. The maximum absolute atomic E-state index is 11.9. The fourth-order valence-electron chi connectivity index (χ4n) is 2.61. The Balaban J connectivity index is 2.23. The highest BCUT2D eigenvalue weighted by molar-refractivity contribution is 5.95. The summed E-state index contributed by atoms with van der Waals surface area (Å²) in [4.78, 5) is 15.7. The highest BCUT2D eigenvalue weighted by Crippen LogP contribution is 2.27. The van der Waals surface area contributed by atoms with Gasteiger partial charge in [0.2, 0.25) is 0 Å². The molecule has 5 heteroatoms.